The molecule has 0 aromatic carbocycles. The first-order valence-electron chi connectivity index (χ1n) is 7.34. The van der Waals surface area contributed by atoms with Crippen LogP contribution in [0, 0.1) is 17.8 Å². The zero-order chi connectivity index (χ0) is 15.9. The van der Waals surface area contributed by atoms with E-state index in [1.165, 1.54) is 0 Å². The molecule has 122 valence electrons. The van der Waals surface area contributed by atoms with Gasteiger partial charge < -0.3 is 0 Å². The average molecular weight is 314 g/mol. The Morgan fingerprint density at radius 2 is 1.48 bits per heavy atom. The highest BCUT2D eigenvalue weighted by Gasteiger charge is 2.50. The van der Waals surface area contributed by atoms with E-state index >= 15 is 0 Å². The molecule has 2 bridgehead atoms. The van der Waals surface area contributed by atoms with Crippen LogP contribution in [0.25, 0.3) is 0 Å². The predicted octanol–water partition coefficient (Wildman–Crippen LogP) is 5.68. The number of alkyl halides is 6. The number of fused-ring (bicyclic) bond motifs is 2. The van der Waals surface area contributed by atoms with Crippen molar-refractivity contribution in [3.05, 3.63) is 12.2 Å². The molecule has 0 N–H and O–H groups in total. The molecule has 0 heterocycles. The molecule has 2 rings (SSSR count). The molecule has 0 aromatic rings. The van der Waals surface area contributed by atoms with Gasteiger partial charge in [-0.15, -0.1) is 0 Å². The van der Waals surface area contributed by atoms with Gasteiger partial charge in [0.15, 0.2) is 0 Å². The van der Waals surface area contributed by atoms with Gasteiger partial charge in [0.25, 0.3) is 17.8 Å². The third-order valence-electron chi connectivity index (χ3n) is 4.53. The van der Waals surface area contributed by atoms with Crippen molar-refractivity contribution >= 4 is 0 Å². The molecule has 0 aromatic heterocycles. The monoisotopic (exact) mass is 314 g/mol. The van der Waals surface area contributed by atoms with Crippen molar-refractivity contribution in [1.29, 1.82) is 0 Å². The smallest absolute Gasteiger partial charge is 0.207 e. The van der Waals surface area contributed by atoms with Gasteiger partial charge in [0.05, 0.1) is 12.8 Å². The minimum atomic E-state index is -4.05. The first-order chi connectivity index (χ1) is 9.52. The Hall–Kier alpha value is -0.680. The molecule has 0 nitrogen and oxygen atoms in total. The van der Waals surface area contributed by atoms with E-state index in [0.29, 0.717) is 6.42 Å². The van der Waals surface area contributed by atoms with E-state index in [-0.39, 0.29) is 17.8 Å². The molecule has 3 atom stereocenters. The second-order valence-electron chi connectivity index (χ2n) is 6.52. The predicted molar refractivity (Wildman–Crippen MR) is 67.8 cm³/mol. The summed E-state index contributed by atoms with van der Waals surface area (Å²) in [5, 5.41) is 0. The van der Waals surface area contributed by atoms with Gasteiger partial charge in [0, 0.05) is 12.8 Å². The van der Waals surface area contributed by atoms with Crippen LogP contribution in [0.3, 0.4) is 0 Å². The molecular weight excluding hydrogens is 294 g/mol. The van der Waals surface area contributed by atoms with E-state index < -0.39 is 43.5 Å². The van der Waals surface area contributed by atoms with E-state index in [2.05, 4.69) is 0 Å². The van der Waals surface area contributed by atoms with Crippen LogP contribution in [0.2, 0.25) is 0 Å². The maximum atomic E-state index is 13.8. The van der Waals surface area contributed by atoms with Gasteiger partial charge in [0.2, 0.25) is 0 Å². The van der Waals surface area contributed by atoms with Crippen molar-refractivity contribution < 1.29 is 26.3 Å². The molecule has 2 aliphatic carbocycles. The lowest BCUT2D eigenvalue weighted by atomic mass is 9.86. The Labute approximate surface area is 120 Å². The summed E-state index contributed by atoms with van der Waals surface area (Å²) in [7, 11) is 0. The largest absolute Gasteiger partial charge is 0.259 e. The summed E-state index contributed by atoms with van der Waals surface area (Å²) < 4.78 is 80.7. The zero-order valence-electron chi connectivity index (χ0n) is 11.9. The Morgan fingerprint density at radius 3 is 1.95 bits per heavy atom. The second kappa shape index (κ2) is 5.51. The standard InChI is InChI=1S/C15H20F6/c1-2-13(16,17)8-15(20,21)9-14(18,19)7-12-6-10-3-4-11(12)5-10/h3-4,10-12H,2,5-9H2,1H3. The van der Waals surface area contributed by atoms with Crippen LogP contribution in [-0.2, 0) is 0 Å². The summed E-state index contributed by atoms with van der Waals surface area (Å²) in [6.45, 7) is 1.07. The molecule has 1 fully saturated rings. The normalized spacial score (nSPS) is 29.4. The van der Waals surface area contributed by atoms with Gasteiger partial charge in [-0.25, -0.2) is 26.3 Å². The highest BCUT2D eigenvalue weighted by Crippen LogP contribution is 2.49. The summed E-state index contributed by atoms with van der Waals surface area (Å²) in [5.74, 6) is -11.2. The van der Waals surface area contributed by atoms with E-state index in [9.17, 15) is 26.3 Å². The highest BCUT2D eigenvalue weighted by molar-refractivity contribution is 5.10. The number of hydrogen-bond acceptors (Lipinski definition) is 0. The Morgan fingerprint density at radius 1 is 0.857 bits per heavy atom. The van der Waals surface area contributed by atoms with Crippen LogP contribution < -0.4 is 0 Å². The van der Waals surface area contributed by atoms with Crippen LogP contribution in [0.15, 0.2) is 12.2 Å². The van der Waals surface area contributed by atoms with Crippen molar-refractivity contribution in [1.82, 2.24) is 0 Å². The zero-order valence-corrected chi connectivity index (χ0v) is 11.9. The number of allylic oxidation sites excluding steroid dienone is 2. The second-order valence-corrected chi connectivity index (χ2v) is 6.52. The minimum Gasteiger partial charge on any atom is -0.207 e. The third-order valence-corrected chi connectivity index (χ3v) is 4.53. The van der Waals surface area contributed by atoms with Gasteiger partial charge in [-0.2, -0.15) is 0 Å². The van der Waals surface area contributed by atoms with Crippen LogP contribution in [-0.4, -0.2) is 17.8 Å². The molecular formula is C15H20F6. The van der Waals surface area contributed by atoms with Crippen molar-refractivity contribution in [3.63, 3.8) is 0 Å². The molecule has 21 heavy (non-hydrogen) atoms. The Kier molecular flexibility index (Phi) is 4.37. The highest BCUT2D eigenvalue weighted by atomic mass is 19.3. The fourth-order valence-corrected chi connectivity index (χ4v) is 3.53. The van der Waals surface area contributed by atoms with Gasteiger partial charge in [-0.1, -0.05) is 19.1 Å². The van der Waals surface area contributed by atoms with Gasteiger partial charge in [-0.05, 0) is 30.6 Å². The van der Waals surface area contributed by atoms with Crippen LogP contribution in [0.5, 0.6) is 0 Å². The summed E-state index contributed by atoms with van der Waals surface area (Å²) in [5.41, 5.74) is 0. The van der Waals surface area contributed by atoms with Crippen molar-refractivity contribution in [2.45, 2.75) is 63.2 Å². The van der Waals surface area contributed by atoms with Crippen molar-refractivity contribution in [3.8, 4) is 0 Å². The first kappa shape index (κ1) is 16.7. The van der Waals surface area contributed by atoms with Crippen LogP contribution in [0.1, 0.15) is 45.4 Å². The Bertz CT molecular complexity index is 401. The molecule has 0 radical (unpaired) electrons. The lowest BCUT2D eigenvalue weighted by Gasteiger charge is -2.29. The fourth-order valence-electron chi connectivity index (χ4n) is 3.53. The molecule has 1 saturated carbocycles. The van der Waals surface area contributed by atoms with Crippen molar-refractivity contribution in [2.75, 3.05) is 0 Å². The quantitative estimate of drug-likeness (QED) is 0.418. The Balaban J connectivity index is 1.92. The average Bonchev–Trinajstić information content (AvgIpc) is 2.86. The molecule has 0 saturated heterocycles. The summed E-state index contributed by atoms with van der Waals surface area (Å²) in [6, 6.07) is 0. The SMILES string of the molecule is CCC(F)(F)CC(F)(F)CC(F)(F)CC1CC2C=CC1C2. The molecule has 3 unspecified atom stereocenters. The van der Waals surface area contributed by atoms with E-state index in [0.717, 1.165) is 13.3 Å². The van der Waals surface area contributed by atoms with Gasteiger partial charge in [-0.3, -0.25) is 0 Å². The topological polar surface area (TPSA) is 0 Å². The van der Waals surface area contributed by atoms with E-state index in [1.807, 2.05) is 12.2 Å². The third kappa shape index (κ3) is 4.39. The number of hydrogen-bond donors (Lipinski definition) is 0. The molecule has 0 spiro atoms. The molecule has 0 aliphatic heterocycles. The molecule has 6 heteroatoms. The van der Waals surface area contributed by atoms with E-state index in [1.54, 1.807) is 0 Å². The molecule has 0 amide bonds. The van der Waals surface area contributed by atoms with Gasteiger partial charge >= 0.3 is 0 Å². The lowest BCUT2D eigenvalue weighted by molar-refractivity contribution is -0.162. The van der Waals surface area contributed by atoms with Crippen molar-refractivity contribution in [2.24, 2.45) is 17.8 Å². The fraction of sp³-hybridized carbons (Fsp3) is 0.867. The maximum Gasteiger partial charge on any atom is 0.259 e. The summed E-state index contributed by atoms with van der Waals surface area (Å²) in [4.78, 5) is 0. The minimum absolute atomic E-state index is 0.0339. The van der Waals surface area contributed by atoms with Gasteiger partial charge in [0.1, 0.15) is 0 Å². The summed E-state index contributed by atoms with van der Waals surface area (Å²) in [6.07, 6.45) is 0.263. The van der Waals surface area contributed by atoms with Crippen LogP contribution >= 0.6 is 0 Å². The lowest BCUT2D eigenvalue weighted by Crippen LogP contribution is -2.36. The van der Waals surface area contributed by atoms with Crippen LogP contribution in [0.4, 0.5) is 26.3 Å². The number of rotatable bonds is 7. The number of halogens is 6. The molecule has 2 aliphatic rings. The first-order valence-corrected chi connectivity index (χ1v) is 7.34. The maximum absolute atomic E-state index is 13.8. The summed E-state index contributed by atoms with van der Waals surface area (Å²) >= 11 is 0. The van der Waals surface area contributed by atoms with E-state index in [4.69, 9.17) is 0 Å².